The monoisotopic (exact) mass is 295 g/mol. The molecule has 0 spiro atoms. The molecule has 0 aromatic rings. The van der Waals surface area contributed by atoms with Crippen LogP contribution in [0.15, 0.2) is 0 Å². The highest BCUT2D eigenvalue weighted by Crippen LogP contribution is 2.28. The average molecular weight is 295 g/mol. The van der Waals surface area contributed by atoms with Gasteiger partial charge in [0.05, 0.1) is 0 Å². The van der Waals surface area contributed by atoms with Crippen LogP contribution in [0.2, 0.25) is 0 Å². The van der Waals surface area contributed by atoms with E-state index in [4.69, 9.17) is 0 Å². The number of rotatable bonds is 5. The van der Waals surface area contributed by atoms with E-state index >= 15 is 0 Å². The summed E-state index contributed by atoms with van der Waals surface area (Å²) in [6.07, 6.45) is 6.52. The van der Waals surface area contributed by atoms with Gasteiger partial charge in [-0.05, 0) is 45.6 Å². The highest BCUT2D eigenvalue weighted by molar-refractivity contribution is 6.34. The number of hydrogen-bond donors (Lipinski definition) is 1. The van der Waals surface area contributed by atoms with E-state index in [1.54, 1.807) is 4.90 Å². The first-order valence-corrected chi connectivity index (χ1v) is 8.46. The van der Waals surface area contributed by atoms with Crippen LogP contribution < -0.4 is 5.32 Å². The summed E-state index contributed by atoms with van der Waals surface area (Å²) in [7, 11) is 0. The Bertz CT molecular complexity index is 363. The lowest BCUT2D eigenvalue weighted by Crippen LogP contribution is -2.44. The first kappa shape index (κ1) is 16.3. The molecule has 2 amide bonds. The second-order valence-electron chi connectivity index (χ2n) is 6.28. The van der Waals surface area contributed by atoms with Gasteiger partial charge in [-0.3, -0.25) is 9.59 Å². The Morgan fingerprint density at radius 2 is 1.81 bits per heavy atom. The molecule has 21 heavy (non-hydrogen) atoms. The molecule has 1 heterocycles. The van der Waals surface area contributed by atoms with Gasteiger partial charge in [-0.2, -0.15) is 0 Å². The minimum Gasteiger partial charge on any atom is -0.348 e. The fourth-order valence-electron chi connectivity index (χ4n) is 3.60. The molecule has 1 N–H and O–H groups in total. The topological polar surface area (TPSA) is 52.7 Å². The minimum absolute atomic E-state index is 0.398. The minimum atomic E-state index is -0.446. The van der Waals surface area contributed by atoms with Crippen LogP contribution in [0.4, 0.5) is 0 Å². The molecule has 0 radical (unpaired) electrons. The fraction of sp³-hybridized carbons (Fsp3) is 0.875. The fourth-order valence-corrected chi connectivity index (χ4v) is 3.60. The predicted octanol–water partition coefficient (Wildman–Crippen LogP) is 1.24. The Labute approximate surface area is 128 Å². The number of carbonyl (C=O) groups is 2. The lowest BCUT2D eigenvalue weighted by atomic mass is 10.1. The lowest BCUT2D eigenvalue weighted by Gasteiger charge is -2.23. The normalized spacial score (nSPS) is 23.4. The third-order valence-electron chi connectivity index (χ3n) is 4.95. The van der Waals surface area contributed by atoms with Gasteiger partial charge < -0.3 is 15.1 Å². The van der Waals surface area contributed by atoms with Gasteiger partial charge in [0.15, 0.2) is 0 Å². The van der Waals surface area contributed by atoms with E-state index in [9.17, 15) is 9.59 Å². The van der Waals surface area contributed by atoms with Crippen molar-refractivity contribution in [1.82, 2.24) is 15.1 Å². The zero-order chi connectivity index (χ0) is 15.2. The van der Waals surface area contributed by atoms with Crippen molar-refractivity contribution in [2.75, 3.05) is 32.7 Å². The van der Waals surface area contributed by atoms with Crippen LogP contribution in [0.1, 0.15) is 46.0 Å². The zero-order valence-electron chi connectivity index (χ0n) is 13.4. The summed E-state index contributed by atoms with van der Waals surface area (Å²) in [5, 5.41) is 2.83. The molecular weight excluding hydrogens is 266 g/mol. The Morgan fingerprint density at radius 3 is 2.43 bits per heavy atom. The number of amides is 2. The molecule has 0 unspecified atom stereocenters. The van der Waals surface area contributed by atoms with Crippen LogP contribution >= 0.6 is 0 Å². The van der Waals surface area contributed by atoms with Crippen molar-refractivity contribution in [2.24, 2.45) is 5.92 Å². The van der Waals surface area contributed by atoms with Crippen LogP contribution in [-0.2, 0) is 9.59 Å². The molecule has 5 heteroatoms. The summed E-state index contributed by atoms with van der Waals surface area (Å²) >= 11 is 0. The summed E-state index contributed by atoms with van der Waals surface area (Å²) in [6, 6.07) is 0.767. The van der Waals surface area contributed by atoms with E-state index in [1.165, 1.54) is 25.7 Å². The van der Waals surface area contributed by atoms with Gasteiger partial charge in [0, 0.05) is 32.2 Å². The number of hydrogen-bond acceptors (Lipinski definition) is 3. The number of nitrogens with zero attached hydrogens (tertiary/aromatic N) is 2. The molecule has 2 aliphatic rings. The van der Waals surface area contributed by atoms with Gasteiger partial charge in [0.1, 0.15) is 0 Å². The Hall–Kier alpha value is -1.10. The molecule has 1 saturated heterocycles. The van der Waals surface area contributed by atoms with Crippen LogP contribution in [0.3, 0.4) is 0 Å². The van der Waals surface area contributed by atoms with Crippen LogP contribution in [-0.4, -0.2) is 60.4 Å². The summed E-state index contributed by atoms with van der Waals surface area (Å²) in [4.78, 5) is 27.9. The second-order valence-corrected chi connectivity index (χ2v) is 6.28. The molecule has 2 rings (SSSR count). The van der Waals surface area contributed by atoms with Gasteiger partial charge in [-0.15, -0.1) is 0 Å². The average Bonchev–Trinajstić information content (AvgIpc) is 3.16. The first-order valence-electron chi connectivity index (χ1n) is 8.46. The third-order valence-corrected chi connectivity index (χ3v) is 4.95. The second kappa shape index (κ2) is 7.78. The van der Waals surface area contributed by atoms with E-state index in [0.29, 0.717) is 25.6 Å². The molecule has 0 aromatic carbocycles. The van der Waals surface area contributed by atoms with Crippen molar-refractivity contribution >= 4 is 11.8 Å². The maximum Gasteiger partial charge on any atom is 0.311 e. The van der Waals surface area contributed by atoms with Gasteiger partial charge in [0.2, 0.25) is 0 Å². The zero-order valence-corrected chi connectivity index (χ0v) is 13.4. The van der Waals surface area contributed by atoms with Gasteiger partial charge in [-0.1, -0.05) is 12.8 Å². The maximum absolute atomic E-state index is 11.9. The summed E-state index contributed by atoms with van der Waals surface area (Å²) < 4.78 is 0. The van der Waals surface area contributed by atoms with Gasteiger partial charge in [0.25, 0.3) is 0 Å². The summed E-state index contributed by atoms with van der Waals surface area (Å²) in [5.41, 5.74) is 0. The van der Waals surface area contributed by atoms with Crippen molar-refractivity contribution in [1.29, 1.82) is 0 Å². The Balaban J connectivity index is 1.71. The molecule has 1 saturated carbocycles. The molecule has 1 aliphatic carbocycles. The maximum atomic E-state index is 11.9. The van der Waals surface area contributed by atoms with Gasteiger partial charge >= 0.3 is 11.8 Å². The standard InChI is InChI=1S/C16H29N3O2/c1-3-18(4-2)16(21)15(20)17-11-13-9-10-19(12-13)14-7-5-6-8-14/h13-14H,3-12H2,1-2H3,(H,17,20)/t13-/m1/s1. The van der Waals surface area contributed by atoms with Crippen molar-refractivity contribution in [3.05, 3.63) is 0 Å². The molecule has 0 bridgehead atoms. The molecule has 1 atom stereocenters. The SMILES string of the molecule is CCN(CC)C(=O)C(=O)NC[C@H]1CCN(C2CCCC2)C1. The number of carbonyl (C=O) groups excluding carboxylic acids is 2. The highest BCUT2D eigenvalue weighted by Gasteiger charge is 2.30. The Kier molecular flexibility index (Phi) is 6.03. The van der Waals surface area contributed by atoms with Crippen molar-refractivity contribution in [2.45, 2.75) is 52.0 Å². The number of likely N-dealkylation sites (N-methyl/N-ethyl adjacent to an activating group) is 1. The van der Waals surface area contributed by atoms with E-state index in [1.807, 2.05) is 13.8 Å². The molecular formula is C16H29N3O2. The van der Waals surface area contributed by atoms with Crippen LogP contribution in [0.5, 0.6) is 0 Å². The third kappa shape index (κ3) is 4.19. The lowest BCUT2D eigenvalue weighted by molar-refractivity contribution is -0.145. The largest absolute Gasteiger partial charge is 0.348 e. The Morgan fingerprint density at radius 1 is 1.14 bits per heavy atom. The predicted molar refractivity (Wildman–Crippen MR) is 82.9 cm³/mol. The quantitative estimate of drug-likeness (QED) is 0.776. The van der Waals surface area contributed by atoms with Crippen molar-refractivity contribution in [3.63, 3.8) is 0 Å². The van der Waals surface area contributed by atoms with E-state index in [0.717, 1.165) is 25.6 Å². The van der Waals surface area contributed by atoms with Crippen molar-refractivity contribution in [3.8, 4) is 0 Å². The van der Waals surface area contributed by atoms with E-state index < -0.39 is 11.8 Å². The van der Waals surface area contributed by atoms with Crippen molar-refractivity contribution < 1.29 is 9.59 Å². The molecule has 1 aliphatic heterocycles. The molecule has 5 nitrogen and oxygen atoms in total. The first-order chi connectivity index (χ1) is 10.2. The summed E-state index contributed by atoms with van der Waals surface area (Å²) in [5.74, 6) is -0.345. The van der Waals surface area contributed by atoms with Gasteiger partial charge in [-0.25, -0.2) is 0 Å². The molecule has 2 fully saturated rings. The molecule has 0 aromatic heterocycles. The molecule has 120 valence electrons. The summed E-state index contributed by atoms with van der Waals surface area (Å²) in [6.45, 7) is 7.81. The smallest absolute Gasteiger partial charge is 0.311 e. The van der Waals surface area contributed by atoms with E-state index in [-0.39, 0.29) is 0 Å². The van der Waals surface area contributed by atoms with Crippen LogP contribution in [0, 0.1) is 5.92 Å². The number of likely N-dealkylation sites (tertiary alicyclic amines) is 1. The van der Waals surface area contributed by atoms with Crippen LogP contribution in [0.25, 0.3) is 0 Å². The highest BCUT2D eigenvalue weighted by atomic mass is 16.2. The van der Waals surface area contributed by atoms with E-state index in [2.05, 4.69) is 10.2 Å². The number of nitrogens with one attached hydrogen (secondary N) is 1.